The second kappa shape index (κ2) is 5.68. The first-order valence-electron chi connectivity index (χ1n) is 6.59. The van der Waals surface area contributed by atoms with E-state index >= 15 is 0 Å². The average Bonchev–Trinajstić information content (AvgIpc) is 2.23. The van der Waals surface area contributed by atoms with Crippen molar-refractivity contribution in [2.24, 2.45) is 5.41 Å². The second-order valence-electron chi connectivity index (χ2n) is 5.78. The molecule has 0 atom stereocenters. The molecule has 0 saturated carbocycles. The van der Waals surface area contributed by atoms with Crippen molar-refractivity contribution in [3.8, 4) is 0 Å². The van der Waals surface area contributed by atoms with Gasteiger partial charge in [0, 0.05) is 0 Å². The van der Waals surface area contributed by atoms with E-state index < -0.39 is 29.0 Å². The molecule has 114 valence electrons. The van der Waals surface area contributed by atoms with E-state index in [4.69, 9.17) is 14.9 Å². The zero-order chi connectivity index (χ0) is 15.6. The molecule has 0 aromatic heterocycles. The van der Waals surface area contributed by atoms with Crippen LogP contribution in [0.1, 0.15) is 40.0 Å². The second-order valence-corrected chi connectivity index (χ2v) is 5.78. The highest BCUT2D eigenvalue weighted by Gasteiger charge is 2.58. The summed E-state index contributed by atoms with van der Waals surface area (Å²) in [6, 6.07) is 0. The molecule has 1 aliphatic rings. The van der Waals surface area contributed by atoms with E-state index in [1.807, 2.05) is 6.92 Å². The van der Waals surface area contributed by atoms with Crippen LogP contribution in [0, 0.1) is 5.41 Å². The smallest absolute Gasteiger partial charge is 0.410 e. The van der Waals surface area contributed by atoms with E-state index in [9.17, 15) is 14.4 Å². The Hall–Kier alpha value is -1.79. The van der Waals surface area contributed by atoms with Crippen LogP contribution in [0.2, 0.25) is 0 Å². The molecule has 1 aliphatic heterocycles. The summed E-state index contributed by atoms with van der Waals surface area (Å²) in [7, 11) is 0. The van der Waals surface area contributed by atoms with Crippen LogP contribution in [0.5, 0.6) is 0 Å². The number of carboxylic acids is 2. The van der Waals surface area contributed by atoms with Crippen molar-refractivity contribution in [3.05, 3.63) is 0 Å². The Morgan fingerprint density at radius 3 is 2.10 bits per heavy atom. The van der Waals surface area contributed by atoms with Gasteiger partial charge in [-0.1, -0.05) is 13.3 Å². The molecule has 1 amide bonds. The highest BCUT2D eigenvalue weighted by atomic mass is 16.6. The molecular formula is C13H21NO6. The maximum absolute atomic E-state index is 11.9. The molecule has 0 unspecified atom stereocenters. The lowest BCUT2D eigenvalue weighted by atomic mass is 9.80. The molecule has 0 bridgehead atoms. The van der Waals surface area contributed by atoms with E-state index in [0.29, 0.717) is 6.42 Å². The number of carbonyl (C=O) groups excluding carboxylic acids is 1. The maximum Gasteiger partial charge on any atom is 0.410 e. The Morgan fingerprint density at radius 2 is 1.70 bits per heavy atom. The number of nitrogens with zero attached hydrogens (tertiary/aromatic N) is 1. The molecule has 1 heterocycles. The lowest BCUT2D eigenvalue weighted by molar-refractivity contribution is -0.176. The molecule has 7 heteroatoms. The van der Waals surface area contributed by atoms with Crippen molar-refractivity contribution in [1.82, 2.24) is 4.90 Å². The number of unbranched alkanes of at least 4 members (excludes halogenated alkanes) is 1. The Kier molecular flexibility index (Phi) is 4.62. The highest BCUT2D eigenvalue weighted by Crippen LogP contribution is 2.32. The first-order chi connectivity index (χ1) is 9.14. The molecule has 1 rings (SSSR count). The monoisotopic (exact) mass is 287 g/mol. The molecule has 20 heavy (non-hydrogen) atoms. The maximum atomic E-state index is 11.9. The van der Waals surface area contributed by atoms with Crippen LogP contribution >= 0.6 is 0 Å². The number of carboxylic acid groups (broad SMARTS) is 2. The van der Waals surface area contributed by atoms with Crippen molar-refractivity contribution in [2.45, 2.75) is 45.6 Å². The molecule has 0 aromatic rings. The Labute approximate surface area is 117 Å². The Bertz CT molecular complexity index is 395. The molecule has 2 N–H and O–H groups in total. The number of amides is 1. The third kappa shape index (κ3) is 3.20. The largest absolute Gasteiger partial charge is 0.480 e. The van der Waals surface area contributed by atoms with Crippen LogP contribution in [-0.2, 0) is 14.3 Å². The SMILES string of the molecule is CCCCC(C)(C)OC(=O)N1CC(C(=O)O)(C(=O)O)C1. The molecule has 0 aromatic carbocycles. The molecule has 1 saturated heterocycles. The van der Waals surface area contributed by atoms with E-state index in [-0.39, 0.29) is 13.1 Å². The van der Waals surface area contributed by atoms with Gasteiger partial charge < -0.3 is 19.8 Å². The third-order valence-electron chi connectivity index (χ3n) is 3.49. The van der Waals surface area contributed by atoms with Gasteiger partial charge in [-0.3, -0.25) is 9.59 Å². The summed E-state index contributed by atoms with van der Waals surface area (Å²) in [6.07, 6.45) is 1.93. The molecular weight excluding hydrogens is 266 g/mol. The molecule has 1 fully saturated rings. The Morgan fingerprint density at radius 1 is 1.20 bits per heavy atom. The summed E-state index contributed by atoms with van der Waals surface area (Å²) < 4.78 is 5.30. The third-order valence-corrected chi connectivity index (χ3v) is 3.49. The standard InChI is InChI=1S/C13H21NO6/c1-4-5-6-12(2,3)20-11(19)14-7-13(8-14,9(15)16)10(17)18/h4-8H2,1-3H3,(H,15,16)(H,17,18). The van der Waals surface area contributed by atoms with E-state index in [1.54, 1.807) is 13.8 Å². The zero-order valence-electron chi connectivity index (χ0n) is 12.0. The number of likely N-dealkylation sites (tertiary alicyclic amines) is 1. The molecule has 0 radical (unpaired) electrons. The average molecular weight is 287 g/mol. The summed E-state index contributed by atoms with van der Waals surface area (Å²) in [5, 5.41) is 17.9. The summed E-state index contributed by atoms with van der Waals surface area (Å²) in [4.78, 5) is 34.9. The van der Waals surface area contributed by atoms with E-state index in [0.717, 1.165) is 17.7 Å². The van der Waals surface area contributed by atoms with Gasteiger partial charge in [-0.25, -0.2) is 4.79 Å². The fraction of sp³-hybridized carbons (Fsp3) is 0.769. The molecule has 7 nitrogen and oxygen atoms in total. The van der Waals surface area contributed by atoms with Crippen molar-refractivity contribution in [3.63, 3.8) is 0 Å². The van der Waals surface area contributed by atoms with Crippen LogP contribution in [0.15, 0.2) is 0 Å². The first-order valence-corrected chi connectivity index (χ1v) is 6.59. The van der Waals surface area contributed by atoms with Gasteiger partial charge >= 0.3 is 18.0 Å². The van der Waals surface area contributed by atoms with Crippen LogP contribution < -0.4 is 0 Å². The topological polar surface area (TPSA) is 104 Å². The van der Waals surface area contributed by atoms with Crippen LogP contribution in [0.4, 0.5) is 4.79 Å². The van der Waals surface area contributed by atoms with Gasteiger partial charge in [-0.2, -0.15) is 0 Å². The summed E-state index contributed by atoms with van der Waals surface area (Å²) in [5.74, 6) is -2.86. The van der Waals surface area contributed by atoms with Crippen molar-refractivity contribution in [2.75, 3.05) is 13.1 Å². The van der Waals surface area contributed by atoms with Crippen molar-refractivity contribution in [1.29, 1.82) is 0 Å². The minimum Gasteiger partial charge on any atom is -0.480 e. The lowest BCUT2D eigenvalue weighted by Crippen LogP contribution is -2.66. The summed E-state index contributed by atoms with van der Waals surface area (Å²) in [5.41, 5.74) is -2.54. The number of hydrogen-bond acceptors (Lipinski definition) is 4. The number of carbonyl (C=O) groups is 3. The number of rotatable bonds is 6. The molecule has 0 spiro atoms. The number of aliphatic carboxylic acids is 2. The van der Waals surface area contributed by atoms with Crippen LogP contribution in [-0.4, -0.2) is 51.8 Å². The van der Waals surface area contributed by atoms with Gasteiger partial charge in [-0.15, -0.1) is 0 Å². The predicted octanol–water partition coefficient (Wildman–Crippen LogP) is 1.56. The van der Waals surface area contributed by atoms with Crippen LogP contribution in [0.3, 0.4) is 0 Å². The lowest BCUT2D eigenvalue weighted by Gasteiger charge is -2.44. The van der Waals surface area contributed by atoms with Gasteiger partial charge in [0.05, 0.1) is 13.1 Å². The minimum atomic E-state index is -1.90. The minimum absolute atomic E-state index is 0.361. The van der Waals surface area contributed by atoms with E-state index in [2.05, 4.69) is 0 Å². The van der Waals surface area contributed by atoms with Gasteiger partial charge in [0.15, 0.2) is 5.41 Å². The number of ether oxygens (including phenoxy) is 1. The first kappa shape index (κ1) is 16.3. The Balaban J connectivity index is 2.57. The summed E-state index contributed by atoms with van der Waals surface area (Å²) in [6.45, 7) is 4.87. The van der Waals surface area contributed by atoms with Crippen LogP contribution in [0.25, 0.3) is 0 Å². The van der Waals surface area contributed by atoms with Gasteiger partial charge in [0.1, 0.15) is 5.60 Å². The van der Waals surface area contributed by atoms with E-state index in [1.165, 1.54) is 0 Å². The fourth-order valence-electron chi connectivity index (χ4n) is 2.05. The zero-order valence-corrected chi connectivity index (χ0v) is 12.0. The molecule has 0 aliphatic carbocycles. The van der Waals surface area contributed by atoms with Gasteiger partial charge in [0.2, 0.25) is 0 Å². The predicted molar refractivity (Wildman–Crippen MR) is 69.4 cm³/mol. The van der Waals surface area contributed by atoms with Gasteiger partial charge in [0.25, 0.3) is 0 Å². The van der Waals surface area contributed by atoms with Gasteiger partial charge in [-0.05, 0) is 26.7 Å². The van der Waals surface area contributed by atoms with Crippen molar-refractivity contribution < 1.29 is 29.3 Å². The number of hydrogen-bond donors (Lipinski definition) is 2. The van der Waals surface area contributed by atoms with Crippen molar-refractivity contribution >= 4 is 18.0 Å². The highest BCUT2D eigenvalue weighted by molar-refractivity contribution is 6.01. The summed E-state index contributed by atoms with van der Waals surface area (Å²) >= 11 is 0. The normalized spacial score (nSPS) is 17.2. The quantitative estimate of drug-likeness (QED) is 0.718. The fourth-order valence-corrected chi connectivity index (χ4v) is 2.05.